The molecule has 0 radical (unpaired) electrons. The molecule has 0 fully saturated rings. The maximum atomic E-state index is 5.89. The number of nitrogen functional groups attached to an aromatic ring is 1. The van der Waals surface area contributed by atoms with Crippen molar-refractivity contribution < 1.29 is 0 Å². The highest BCUT2D eigenvalue weighted by Gasteiger charge is 2.04. The number of nitrogens with two attached hydrogens (primary N) is 1. The van der Waals surface area contributed by atoms with Gasteiger partial charge >= 0.3 is 0 Å². The van der Waals surface area contributed by atoms with E-state index in [1.165, 1.54) is 10.8 Å². The molecule has 1 aromatic heterocycles. The molecule has 2 aromatic carbocycles. The Bertz CT molecular complexity index is 650. The third kappa shape index (κ3) is 1.11. The number of aromatic nitrogens is 1. The second-order valence-corrected chi connectivity index (χ2v) is 3.92. The number of aryl methyl sites for hydroxylation is 1. The Morgan fingerprint density at radius 2 is 1.80 bits per heavy atom. The highest BCUT2D eigenvalue weighted by atomic mass is 14.7. The first-order valence-electron chi connectivity index (χ1n) is 5.02. The fraction of sp³-hybridized carbons (Fsp3) is 0.0769. The number of nitrogens with one attached hydrogen (secondary N) is 1. The van der Waals surface area contributed by atoms with Gasteiger partial charge in [-0.25, -0.2) is 0 Å². The van der Waals surface area contributed by atoms with Crippen LogP contribution >= 0.6 is 0 Å². The summed E-state index contributed by atoms with van der Waals surface area (Å²) >= 11 is 0. The molecule has 74 valence electrons. The Balaban J connectivity index is 2.56. The molecule has 2 heteroatoms. The molecule has 0 saturated carbocycles. The molecule has 0 aliphatic heterocycles. The van der Waals surface area contributed by atoms with Gasteiger partial charge in [0.15, 0.2) is 0 Å². The van der Waals surface area contributed by atoms with Gasteiger partial charge in [0.1, 0.15) is 0 Å². The van der Waals surface area contributed by atoms with Crippen LogP contribution in [0.3, 0.4) is 0 Å². The quantitative estimate of drug-likeness (QED) is 0.532. The average Bonchev–Trinajstić information content (AvgIpc) is 2.57. The van der Waals surface area contributed by atoms with Crippen molar-refractivity contribution in [2.45, 2.75) is 6.92 Å². The number of rotatable bonds is 0. The van der Waals surface area contributed by atoms with Gasteiger partial charge in [0.05, 0.1) is 0 Å². The molecule has 3 N–H and O–H groups in total. The van der Waals surface area contributed by atoms with Crippen LogP contribution in [0.5, 0.6) is 0 Å². The van der Waals surface area contributed by atoms with Crippen LogP contribution in [0, 0.1) is 6.92 Å². The molecule has 0 saturated heterocycles. The summed E-state index contributed by atoms with van der Waals surface area (Å²) in [4.78, 5) is 3.37. The normalized spacial score (nSPS) is 11.3. The van der Waals surface area contributed by atoms with Crippen molar-refractivity contribution in [3.05, 3.63) is 42.0 Å². The summed E-state index contributed by atoms with van der Waals surface area (Å²) in [5.74, 6) is 0. The molecule has 15 heavy (non-hydrogen) atoms. The second kappa shape index (κ2) is 2.76. The van der Waals surface area contributed by atoms with Crippen LogP contribution in [0.2, 0.25) is 0 Å². The predicted octanol–water partition coefficient (Wildman–Crippen LogP) is 3.21. The van der Waals surface area contributed by atoms with Gasteiger partial charge in [-0.1, -0.05) is 18.2 Å². The Kier molecular flexibility index (Phi) is 1.54. The van der Waals surface area contributed by atoms with Crippen LogP contribution in [0.1, 0.15) is 5.56 Å². The van der Waals surface area contributed by atoms with E-state index in [4.69, 9.17) is 5.73 Å². The number of hydrogen-bond donors (Lipinski definition) is 2. The number of anilines is 1. The van der Waals surface area contributed by atoms with Crippen LogP contribution in [0.15, 0.2) is 36.4 Å². The summed E-state index contributed by atoms with van der Waals surface area (Å²) in [6.45, 7) is 2.04. The Morgan fingerprint density at radius 1 is 1.00 bits per heavy atom. The Labute approximate surface area is 87.7 Å². The summed E-state index contributed by atoms with van der Waals surface area (Å²) in [7, 11) is 0. The van der Waals surface area contributed by atoms with E-state index in [2.05, 4.69) is 29.2 Å². The molecule has 1 heterocycles. The van der Waals surface area contributed by atoms with E-state index in [0.717, 1.165) is 22.3 Å². The summed E-state index contributed by atoms with van der Waals surface area (Å²) < 4.78 is 0. The molecule has 0 bridgehead atoms. The molecule has 0 aliphatic rings. The molecule has 3 rings (SSSR count). The summed E-state index contributed by atoms with van der Waals surface area (Å²) in [5, 5.41) is 2.51. The zero-order chi connectivity index (χ0) is 10.4. The van der Waals surface area contributed by atoms with E-state index >= 15 is 0 Å². The van der Waals surface area contributed by atoms with Crippen molar-refractivity contribution in [1.82, 2.24) is 4.98 Å². The van der Waals surface area contributed by atoms with Crippen LogP contribution in [0.4, 0.5) is 5.69 Å². The maximum Gasteiger partial charge on any atom is 0.0485 e. The molecular formula is C13H12N2. The Morgan fingerprint density at radius 3 is 2.67 bits per heavy atom. The zero-order valence-electron chi connectivity index (χ0n) is 8.54. The van der Waals surface area contributed by atoms with Gasteiger partial charge in [-0.15, -0.1) is 0 Å². The smallest absolute Gasteiger partial charge is 0.0485 e. The second-order valence-electron chi connectivity index (χ2n) is 3.92. The summed E-state index contributed by atoms with van der Waals surface area (Å²) in [6, 6.07) is 12.5. The lowest BCUT2D eigenvalue weighted by molar-refractivity contribution is 1.48. The first kappa shape index (κ1) is 8.36. The fourth-order valence-corrected chi connectivity index (χ4v) is 2.02. The molecule has 0 aliphatic carbocycles. The number of para-hydroxylation sites is 1. The van der Waals surface area contributed by atoms with E-state index in [-0.39, 0.29) is 0 Å². The van der Waals surface area contributed by atoms with Gasteiger partial charge in [0.2, 0.25) is 0 Å². The van der Waals surface area contributed by atoms with Crippen LogP contribution in [-0.4, -0.2) is 4.98 Å². The maximum absolute atomic E-state index is 5.89. The largest absolute Gasteiger partial charge is 0.398 e. The van der Waals surface area contributed by atoms with Gasteiger partial charge < -0.3 is 10.7 Å². The van der Waals surface area contributed by atoms with Gasteiger partial charge in [0, 0.05) is 27.5 Å². The van der Waals surface area contributed by atoms with Crippen molar-refractivity contribution in [1.29, 1.82) is 0 Å². The molecular weight excluding hydrogens is 184 g/mol. The molecule has 3 aromatic rings. The monoisotopic (exact) mass is 196 g/mol. The topological polar surface area (TPSA) is 41.8 Å². The molecule has 0 amide bonds. The van der Waals surface area contributed by atoms with E-state index in [0.29, 0.717) is 0 Å². The minimum absolute atomic E-state index is 0.842. The van der Waals surface area contributed by atoms with Gasteiger partial charge in [-0.3, -0.25) is 0 Å². The summed E-state index contributed by atoms with van der Waals surface area (Å²) in [5.41, 5.74) is 10.1. The third-order valence-electron chi connectivity index (χ3n) is 2.89. The first-order valence-corrected chi connectivity index (χ1v) is 5.02. The van der Waals surface area contributed by atoms with Crippen molar-refractivity contribution in [3.8, 4) is 0 Å². The van der Waals surface area contributed by atoms with Crippen molar-refractivity contribution in [2.24, 2.45) is 0 Å². The van der Waals surface area contributed by atoms with E-state index in [9.17, 15) is 0 Å². The average molecular weight is 196 g/mol. The number of hydrogen-bond acceptors (Lipinski definition) is 1. The highest BCUT2D eigenvalue weighted by Crippen LogP contribution is 2.28. The van der Waals surface area contributed by atoms with E-state index in [1.54, 1.807) is 0 Å². The lowest BCUT2D eigenvalue weighted by atomic mass is 10.1. The van der Waals surface area contributed by atoms with Crippen molar-refractivity contribution in [2.75, 3.05) is 5.73 Å². The number of benzene rings is 2. The minimum Gasteiger partial charge on any atom is -0.398 e. The number of aromatic amines is 1. The SMILES string of the molecule is Cc1cc2c(cc1N)[nH]c1ccccc12. The fourth-order valence-electron chi connectivity index (χ4n) is 2.02. The first-order chi connectivity index (χ1) is 7.25. The lowest BCUT2D eigenvalue weighted by Crippen LogP contribution is -1.88. The lowest BCUT2D eigenvalue weighted by Gasteiger charge is -1.99. The molecule has 0 unspecified atom stereocenters. The van der Waals surface area contributed by atoms with Crippen LogP contribution in [-0.2, 0) is 0 Å². The van der Waals surface area contributed by atoms with Crippen LogP contribution in [0.25, 0.3) is 21.8 Å². The van der Waals surface area contributed by atoms with E-state index < -0.39 is 0 Å². The molecule has 0 atom stereocenters. The highest BCUT2D eigenvalue weighted by molar-refractivity contribution is 6.08. The van der Waals surface area contributed by atoms with Gasteiger partial charge in [-0.2, -0.15) is 0 Å². The van der Waals surface area contributed by atoms with Crippen molar-refractivity contribution in [3.63, 3.8) is 0 Å². The van der Waals surface area contributed by atoms with Gasteiger partial charge in [0.25, 0.3) is 0 Å². The predicted molar refractivity (Wildman–Crippen MR) is 65.0 cm³/mol. The number of fused-ring (bicyclic) bond motifs is 3. The molecule has 0 spiro atoms. The molecule has 2 nitrogen and oxygen atoms in total. The van der Waals surface area contributed by atoms with E-state index in [1.807, 2.05) is 19.1 Å². The van der Waals surface area contributed by atoms with Crippen molar-refractivity contribution >= 4 is 27.5 Å². The van der Waals surface area contributed by atoms with Crippen LogP contribution < -0.4 is 5.73 Å². The standard InChI is InChI=1S/C13H12N2/c1-8-6-10-9-4-2-3-5-12(9)15-13(10)7-11(8)14/h2-7,15H,14H2,1H3. The summed E-state index contributed by atoms with van der Waals surface area (Å²) in [6.07, 6.45) is 0. The third-order valence-corrected chi connectivity index (χ3v) is 2.89. The Hall–Kier alpha value is -1.96. The zero-order valence-corrected chi connectivity index (χ0v) is 8.54. The van der Waals surface area contributed by atoms with Gasteiger partial charge in [-0.05, 0) is 30.7 Å². The number of H-pyrrole nitrogens is 1. The minimum atomic E-state index is 0.842.